The van der Waals surface area contributed by atoms with Crippen LogP contribution < -0.4 is 5.32 Å². The molecule has 0 unspecified atom stereocenters. The van der Waals surface area contributed by atoms with E-state index in [9.17, 15) is 0 Å². The summed E-state index contributed by atoms with van der Waals surface area (Å²) in [6.07, 6.45) is 13.9. The maximum absolute atomic E-state index is 5.09. The maximum Gasteiger partial charge on any atom is 0.130 e. The average molecular weight is 378 g/mol. The van der Waals surface area contributed by atoms with Gasteiger partial charge in [0.25, 0.3) is 0 Å². The first-order valence-electron chi connectivity index (χ1n) is 6.97. The van der Waals surface area contributed by atoms with Crippen molar-refractivity contribution in [3.8, 4) is 0 Å². The summed E-state index contributed by atoms with van der Waals surface area (Å²) in [5, 5.41) is 5.15. The van der Waals surface area contributed by atoms with Crippen molar-refractivity contribution in [1.29, 1.82) is 0 Å². The third kappa shape index (κ3) is 2.74. The number of thioether (sulfide) groups is 1. The van der Waals surface area contributed by atoms with Crippen LogP contribution in [0.15, 0.2) is 16.3 Å². The molecule has 18 heavy (non-hydrogen) atoms. The Kier molecular flexibility index (Phi) is 5.03. The molecule has 4 heteroatoms. The molecule has 1 spiro atoms. The van der Waals surface area contributed by atoms with Crippen molar-refractivity contribution in [2.24, 2.45) is 4.99 Å². The van der Waals surface area contributed by atoms with Gasteiger partial charge in [0, 0.05) is 11.3 Å². The Balaban J connectivity index is 0.00000120. The van der Waals surface area contributed by atoms with E-state index in [1.807, 2.05) is 11.8 Å². The second-order valence-electron chi connectivity index (χ2n) is 5.50. The summed E-state index contributed by atoms with van der Waals surface area (Å²) < 4.78 is 0. The van der Waals surface area contributed by atoms with Gasteiger partial charge in [0.2, 0.25) is 0 Å². The zero-order valence-corrected chi connectivity index (χ0v) is 14.3. The molecule has 0 atom stereocenters. The molecule has 2 aliphatic carbocycles. The third-order valence-electron chi connectivity index (χ3n) is 4.30. The first-order valence-corrected chi connectivity index (χ1v) is 8.20. The van der Waals surface area contributed by atoms with Crippen LogP contribution in [0, 0.1) is 0 Å². The predicted molar refractivity (Wildman–Crippen MR) is 90.8 cm³/mol. The van der Waals surface area contributed by atoms with Gasteiger partial charge in [-0.1, -0.05) is 6.42 Å². The first-order chi connectivity index (χ1) is 8.33. The number of nitrogens with one attached hydrogen (secondary N) is 1. The van der Waals surface area contributed by atoms with Crippen LogP contribution in [0.3, 0.4) is 0 Å². The molecule has 2 nitrogen and oxygen atoms in total. The van der Waals surface area contributed by atoms with E-state index in [1.54, 1.807) is 0 Å². The van der Waals surface area contributed by atoms with Crippen molar-refractivity contribution < 1.29 is 0 Å². The number of allylic oxidation sites excluding steroid dienone is 1. The van der Waals surface area contributed by atoms with Crippen molar-refractivity contribution in [2.45, 2.75) is 63.5 Å². The topological polar surface area (TPSA) is 24.4 Å². The molecular formula is C14H23IN2S. The molecule has 1 aliphatic heterocycles. The molecule has 0 amide bonds. The molecule has 1 saturated carbocycles. The summed E-state index contributed by atoms with van der Waals surface area (Å²) >= 11 is 1.85. The minimum Gasteiger partial charge on any atom is -0.364 e. The summed E-state index contributed by atoms with van der Waals surface area (Å²) in [5.41, 5.74) is 3.13. The van der Waals surface area contributed by atoms with E-state index in [0.29, 0.717) is 0 Å². The minimum atomic E-state index is 0. The molecule has 1 fully saturated rings. The molecule has 1 N–H and O–H groups in total. The van der Waals surface area contributed by atoms with E-state index < -0.39 is 0 Å². The summed E-state index contributed by atoms with van der Waals surface area (Å²) in [5.74, 6) is 0. The molecule has 0 aromatic carbocycles. The van der Waals surface area contributed by atoms with E-state index in [-0.39, 0.29) is 29.6 Å². The van der Waals surface area contributed by atoms with Crippen molar-refractivity contribution >= 4 is 40.8 Å². The smallest absolute Gasteiger partial charge is 0.130 e. The van der Waals surface area contributed by atoms with Crippen molar-refractivity contribution in [3.63, 3.8) is 0 Å². The highest BCUT2D eigenvalue weighted by Gasteiger charge is 2.37. The second-order valence-corrected chi connectivity index (χ2v) is 6.30. The van der Waals surface area contributed by atoms with E-state index >= 15 is 0 Å². The van der Waals surface area contributed by atoms with Gasteiger partial charge in [-0.2, -0.15) is 0 Å². The van der Waals surface area contributed by atoms with Crippen molar-refractivity contribution in [1.82, 2.24) is 5.32 Å². The van der Waals surface area contributed by atoms with Crippen molar-refractivity contribution in [3.05, 3.63) is 11.3 Å². The van der Waals surface area contributed by atoms with Crippen LogP contribution in [0.1, 0.15) is 57.8 Å². The van der Waals surface area contributed by atoms with Crippen LogP contribution in [-0.4, -0.2) is 17.0 Å². The number of rotatable bonds is 0. The number of hydrogen-bond acceptors (Lipinski definition) is 3. The summed E-state index contributed by atoms with van der Waals surface area (Å²) in [6, 6.07) is 0. The molecule has 0 aromatic rings. The van der Waals surface area contributed by atoms with Gasteiger partial charge < -0.3 is 5.32 Å². The Morgan fingerprint density at radius 1 is 1.06 bits per heavy atom. The number of hydrogen-bond donors (Lipinski definition) is 1. The standard InChI is InChI=1S/C14H22N2S.HI/c1-17-13-11-7-3-4-8-12(11)15-14(16-13)9-5-2-6-10-14;/h15H,2-10H2,1H3;1H. The lowest BCUT2D eigenvalue weighted by Gasteiger charge is -2.42. The van der Waals surface area contributed by atoms with Gasteiger partial charge in [-0.05, 0) is 57.6 Å². The zero-order chi connectivity index (χ0) is 11.7. The van der Waals surface area contributed by atoms with Gasteiger partial charge in [-0.3, -0.25) is 4.99 Å². The van der Waals surface area contributed by atoms with Gasteiger partial charge in [-0.15, -0.1) is 35.7 Å². The van der Waals surface area contributed by atoms with Gasteiger partial charge in [0.15, 0.2) is 0 Å². The van der Waals surface area contributed by atoms with Gasteiger partial charge in [0.05, 0.1) is 5.04 Å². The summed E-state index contributed by atoms with van der Waals surface area (Å²) in [7, 11) is 0. The molecule has 0 bridgehead atoms. The molecule has 0 radical (unpaired) electrons. The predicted octanol–water partition coefficient (Wildman–Crippen LogP) is 4.46. The quantitative estimate of drug-likeness (QED) is 0.630. The molecule has 0 aromatic heterocycles. The fourth-order valence-corrected chi connectivity index (χ4v) is 4.13. The van der Waals surface area contributed by atoms with Crippen LogP contribution in [0.5, 0.6) is 0 Å². The molecule has 3 aliphatic rings. The number of nitrogens with zero attached hydrogens (tertiary/aromatic N) is 1. The number of aliphatic imine (C=N–C) groups is 1. The van der Waals surface area contributed by atoms with Crippen LogP contribution in [-0.2, 0) is 0 Å². The van der Waals surface area contributed by atoms with Gasteiger partial charge >= 0.3 is 0 Å². The molecule has 1 heterocycles. The fourth-order valence-electron chi connectivity index (χ4n) is 3.39. The SMILES string of the molecule is CSC1=NC2(CCCCC2)NC2=C1CCCC2.I. The van der Waals surface area contributed by atoms with Gasteiger partial charge in [0.1, 0.15) is 5.66 Å². The first kappa shape index (κ1) is 14.7. The highest BCUT2D eigenvalue weighted by molar-refractivity contribution is 14.0. The van der Waals surface area contributed by atoms with Gasteiger partial charge in [-0.25, -0.2) is 0 Å². The Hall–Kier alpha value is 0.290. The lowest BCUT2D eigenvalue weighted by molar-refractivity contribution is 0.252. The summed E-state index contributed by atoms with van der Waals surface area (Å²) in [6.45, 7) is 0. The van der Waals surface area contributed by atoms with Crippen LogP contribution >= 0.6 is 35.7 Å². The van der Waals surface area contributed by atoms with E-state index in [1.165, 1.54) is 74.1 Å². The molecule has 0 saturated heterocycles. The monoisotopic (exact) mass is 378 g/mol. The molecule has 102 valence electrons. The summed E-state index contributed by atoms with van der Waals surface area (Å²) in [4.78, 5) is 5.09. The van der Waals surface area contributed by atoms with Crippen molar-refractivity contribution in [2.75, 3.05) is 6.26 Å². The normalized spacial score (nSPS) is 25.9. The lowest BCUT2D eigenvalue weighted by Crippen LogP contribution is -2.48. The van der Waals surface area contributed by atoms with Crippen LogP contribution in [0.2, 0.25) is 0 Å². The molecule has 3 rings (SSSR count). The fraction of sp³-hybridized carbons (Fsp3) is 0.786. The maximum atomic E-state index is 5.09. The minimum absolute atomic E-state index is 0. The van der Waals surface area contributed by atoms with E-state index in [2.05, 4.69) is 11.6 Å². The highest BCUT2D eigenvalue weighted by Crippen LogP contribution is 2.39. The number of halogens is 1. The molecular weight excluding hydrogens is 355 g/mol. The van der Waals surface area contributed by atoms with E-state index in [0.717, 1.165) is 0 Å². The Labute approximate surface area is 131 Å². The van der Waals surface area contributed by atoms with E-state index in [4.69, 9.17) is 4.99 Å². The van der Waals surface area contributed by atoms with Crippen LogP contribution in [0.4, 0.5) is 0 Å². The third-order valence-corrected chi connectivity index (χ3v) is 5.02. The van der Waals surface area contributed by atoms with Crippen LogP contribution in [0.25, 0.3) is 0 Å². The Morgan fingerprint density at radius 2 is 1.78 bits per heavy atom. The zero-order valence-electron chi connectivity index (χ0n) is 11.1. The highest BCUT2D eigenvalue weighted by atomic mass is 127. The second kappa shape index (κ2) is 6.16. The Bertz CT molecular complexity index is 370. The lowest BCUT2D eigenvalue weighted by atomic mass is 9.85. The Morgan fingerprint density at radius 3 is 2.50 bits per heavy atom. The average Bonchev–Trinajstić information content (AvgIpc) is 2.38. The largest absolute Gasteiger partial charge is 0.364 e.